The third-order valence-electron chi connectivity index (χ3n) is 1.28. The van der Waals surface area contributed by atoms with Gasteiger partial charge in [0.15, 0.2) is 11.5 Å². The fourth-order valence-electron chi connectivity index (χ4n) is 0.710. The summed E-state index contributed by atoms with van der Waals surface area (Å²) in [6.07, 6.45) is 1.77. The molecule has 0 heterocycles. The summed E-state index contributed by atoms with van der Waals surface area (Å²) in [5, 5.41) is 27.0. The van der Waals surface area contributed by atoms with Crippen molar-refractivity contribution in [3.8, 4) is 17.2 Å². The van der Waals surface area contributed by atoms with Crippen LogP contribution in [0.1, 0.15) is 0 Å². The van der Waals surface area contributed by atoms with E-state index in [1.54, 1.807) is 6.26 Å². The van der Waals surface area contributed by atoms with Gasteiger partial charge in [-0.1, -0.05) is 0 Å². The maximum Gasteiger partial charge on any atom is 0.161 e. The maximum absolute atomic E-state index is 9.12. The minimum atomic E-state index is -0.305. The average molecular weight is 172 g/mol. The van der Waals surface area contributed by atoms with E-state index in [9.17, 15) is 0 Å². The van der Waals surface area contributed by atoms with E-state index >= 15 is 0 Å². The molecule has 3 N–H and O–H groups in total. The zero-order chi connectivity index (χ0) is 8.43. The molecule has 3 nitrogen and oxygen atoms in total. The van der Waals surface area contributed by atoms with Crippen LogP contribution in [0.2, 0.25) is 0 Å². The second-order valence-corrected chi connectivity index (χ2v) is 2.86. The van der Waals surface area contributed by atoms with Crippen molar-refractivity contribution in [1.29, 1.82) is 0 Å². The minimum Gasteiger partial charge on any atom is -0.507 e. The molecule has 1 aromatic carbocycles. The molecule has 0 spiro atoms. The van der Waals surface area contributed by atoms with Gasteiger partial charge in [0.25, 0.3) is 0 Å². The second-order valence-electron chi connectivity index (χ2n) is 2.01. The molecule has 0 aliphatic heterocycles. The Morgan fingerprint density at radius 3 is 2.09 bits per heavy atom. The van der Waals surface area contributed by atoms with Gasteiger partial charge in [0.05, 0.1) is 4.90 Å². The highest BCUT2D eigenvalue weighted by atomic mass is 32.2. The lowest BCUT2D eigenvalue weighted by atomic mass is 10.3. The van der Waals surface area contributed by atoms with Crippen molar-refractivity contribution < 1.29 is 15.3 Å². The molecule has 11 heavy (non-hydrogen) atoms. The van der Waals surface area contributed by atoms with Crippen LogP contribution in [0.5, 0.6) is 17.2 Å². The maximum atomic E-state index is 9.12. The van der Waals surface area contributed by atoms with Crippen molar-refractivity contribution in [2.45, 2.75) is 4.90 Å². The van der Waals surface area contributed by atoms with E-state index in [2.05, 4.69) is 0 Å². The van der Waals surface area contributed by atoms with Crippen molar-refractivity contribution in [2.24, 2.45) is 0 Å². The second kappa shape index (κ2) is 2.92. The van der Waals surface area contributed by atoms with E-state index < -0.39 is 0 Å². The van der Waals surface area contributed by atoms with Gasteiger partial charge in [0.1, 0.15) is 5.75 Å². The Balaban J connectivity index is 3.21. The Bertz CT molecular complexity index is 273. The molecule has 1 aromatic rings. The van der Waals surface area contributed by atoms with Gasteiger partial charge in [0, 0.05) is 12.1 Å². The van der Waals surface area contributed by atoms with Crippen LogP contribution in [0.3, 0.4) is 0 Å². The molecular formula is C7H8O3S. The van der Waals surface area contributed by atoms with Crippen LogP contribution in [0.25, 0.3) is 0 Å². The van der Waals surface area contributed by atoms with Crippen molar-refractivity contribution >= 4 is 11.8 Å². The number of aromatic hydroxyl groups is 3. The predicted octanol–water partition coefficient (Wildman–Crippen LogP) is 1.53. The van der Waals surface area contributed by atoms with E-state index in [4.69, 9.17) is 15.3 Å². The fraction of sp³-hybridized carbons (Fsp3) is 0.143. The average Bonchev–Trinajstić information content (AvgIpc) is 1.97. The van der Waals surface area contributed by atoms with Crippen molar-refractivity contribution in [3.05, 3.63) is 12.1 Å². The highest BCUT2D eigenvalue weighted by Gasteiger charge is 2.05. The van der Waals surface area contributed by atoms with Gasteiger partial charge < -0.3 is 15.3 Å². The molecule has 4 heteroatoms. The quantitative estimate of drug-likeness (QED) is 0.341. The van der Waals surface area contributed by atoms with Gasteiger partial charge in [-0.3, -0.25) is 0 Å². The lowest BCUT2D eigenvalue weighted by Crippen LogP contribution is -1.74. The van der Waals surface area contributed by atoms with E-state index in [-0.39, 0.29) is 17.2 Å². The summed E-state index contributed by atoms with van der Waals surface area (Å²) in [7, 11) is 0. The summed E-state index contributed by atoms with van der Waals surface area (Å²) < 4.78 is 0. The summed E-state index contributed by atoms with van der Waals surface area (Å²) >= 11 is 1.30. The largest absolute Gasteiger partial charge is 0.507 e. The monoisotopic (exact) mass is 172 g/mol. The first-order valence-corrected chi connectivity index (χ1v) is 4.16. The number of rotatable bonds is 1. The first-order chi connectivity index (χ1) is 5.15. The SMILES string of the molecule is CSc1cc(O)c(O)cc1O. The van der Waals surface area contributed by atoms with Crippen LogP contribution in [0, 0.1) is 0 Å². The lowest BCUT2D eigenvalue weighted by molar-refractivity contribution is 0.392. The minimum absolute atomic E-state index is 0.0206. The van der Waals surface area contributed by atoms with Crippen molar-refractivity contribution in [2.75, 3.05) is 6.26 Å². The third kappa shape index (κ3) is 1.51. The number of hydrogen-bond donors (Lipinski definition) is 3. The number of phenolic OH excluding ortho intramolecular Hbond substituents is 3. The number of phenols is 3. The summed E-state index contributed by atoms with van der Waals surface area (Å²) in [6, 6.07) is 2.43. The van der Waals surface area contributed by atoms with Crippen LogP contribution in [0.15, 0.2) is 17.0 Å². The van der Waals surface area contributed by atoms with Gasteiger partial charge in [0.2, 0.25) is 0 Å². The normalized spacial score (nSPS) is 9.91. The van der Waals surface area contributed by atoms with E-state index in [1.165, 1.54) is 17.8 Å². The molecule has 0 saturated carbocycles. The molecule has 0 aromatic heterocycles. The predicted molar refractivity (Wildman–Crippen MR) is 43.2 cm³/mol. The van der Waals surface area contributed by atoms with Crippen LogP contribution in [0.4, 0.5) is 0 Å². The van der Waals surface area contributed by atoms with Crippen LogP contribution >= 0.6 is 11.8 Å². The van der Waals surface area contributed by atoms with Crippen molar-refractivity contribution in [3.63, 3.8) is 0 Å². The Labute approximate surface area is 68.3 Å². The lowest BCUT2D eigenvalue weighted by Gasteiger charge is -2.02. The van der Waals surface area contributed by atoms with Crippen LogP contribution in [-0.2, 0) is 0 Å². The first kappa shape index (κ1) is 8.07. The van der Waals surface area contributed by atoms with Gasteiger partial charge in [-0.25, -0.2) is 0 Å². The highest BCUT2D eigenvalue weighted by Crippen LogP contribution is 2.36. The number of thioether (sulfide) groups is 1. The number of hydrogen-bond acceptors (Lipinski definition) is 4. The molecule has 0 atom stereocenters. The van der Waals surface area contributed by atoms with Gasteiger partial charge in [-0.2, -0.15) is 0 Å². The van der Waals surface area contributed by atoms with Gasteiger partial charge in [-0.15, -0.1) is 11.8 Å². The molecule has 0 radical (unpaired) electrons. The zero-order valence-electron chi connectivity index (χ0n) is 5.90. The third-order valence-corrected chi connectivity index (χ3v) is 2.04. The Morgan fingerprint density at radius 2 is 1.55 bits per heavy atom. The Kier molecular flexibility index (Phi) is 2.14. The van der Waals surface area contributed by atoms with Crippen LogP contribution < -0.4 is 0 Å². The van der Waals surface area contributed by atoms with E-state index in [1.807, 2.05) is 0 Å². The van der Waals surface area contributed by atoms with E-state index in [0.29, 0.717) is 4.90 Å². The summed E-state index contributed by atoms with van der Waals surface area (Å²) in [5.41, 5.74) is 0. The molecule has 0 aliphatic carbocycles. The summed E-state index contributed by atoms with van der Waals surface area (Å²) in [5.74, 6) is -0.541. The van der Waals surface area contributed by atoms with Gasteiger partial charge in [-0.05, 0) is 6.26 Å². The molecule has 0 unspecified atom stereocenters. The topological polar surface area (TPSA) is 60.7 Å². The molecule has 0 amide bonds. The first-order valence-electron chi connectivity index (χ1n) is 2.94. The number of benzene rings is 1. The van der Waals surface area contributed by atoms with Crippen molar-refractivity contribution in [1.82, 2.24) is 0 Å². The molecule has 60 valence electrons. The molecule has 0 aliphatic rings. The van der Waals surface area contributed by atoms with Gasteiger partial charge >= 0.3 is 0 Å². The smallest absolute Gasteiger partial charge is 0.161 e. The molecule has 0 bridgehead atoms. The van der Waals surface area contributed by atoms with Crippen LogP contribution in [-0.4, -0.2) is 21.6 Å². The zero-order valence-corrected chi connectivity index (χ0v) is 6.72. The Hall–Kier alpha value is -1.03. The van der Waals surface area contributed by atoms with E-state index in [0.717, 1.165) is 6.07 Å². The summed E-state index contributed by atoms with van der Waals surface area (Å²) in [4.78, 5) is 0.542. The highest BCUT2D eigenvalue weighted by molar-refractivity contribution is 7.98. The molecule has 1 rings (SSSR count). The Morgan fingerprint density at radius 1 is 1.00 bits per heavy atom. The fourth-order valence-corrected chi connectivity index (χ4v) is 1.21. The standard InChI is InChI=1S/C7H8O3S/c1-11-7-3-5(9)4(8)2-6(7)10/h2-3,8-10H,1H3. The molecule has 0 fully saturated rings. The molecule has 0 saturated heterocycles. The molecular weight excluding hydrogens is 164 g/mol. The summed E-state index contributed by atoms with van der Waals surface area (Å²) in [6.45, 7) is 0.